The Kier molecular flexibility index (Phi) is 6.95. The Labute approximate surface area is 169 Å². The molecule has 0 heterocycles. The Bertz CT molecular complexity index is 1010. The molecule has 3 rings (SSSR count). The Morgan fingerprint density at radius 3 is 2.52 bits per heavy atom. The highest BCUT2D eigenvalue weighted by Gasteiger charge is 2.07. The molecule has 0 aliphatic rings. The van der Waals surface area contributed by atoms with Crippen molar-refractivity contribution in [1.82, 2.24) is 5.43 Å². The van der Waals surface area contributed by atoms with Crippen LogP contribution in [0.2, 0.25) is 0 Å². The number of amides is 1. The lowest BCUT2D eigenvalue weighted by atomic mass is 10.1. The number of rotatable bonds is 8. The first kappa shape index (κ1) is 20.1. The highest BCUT2D eigenvalue weighted by Crippen LogP contribution is 2.15. The molecule has 1 amide bonds. The summed E-state index contributed by atoms with van der Waals surface area (Å²) >= 11 is 0. The van der Waals surface area contributed by atoms with Crippen molar-refractivity contribution < 1.29 is 19.1 Å². The third kappa shape index (κ3) is 5.90. The van der Waals surface area contributed by atoms with Crippen molar-refractivity contribution in [3.05, 3.63) is 77.9 Å². The fourth-order valence-electron chi connectivity index (χ4n) is 2.61. The van der Waals surface area contributed by atoms with Gasteiger partial charge in [0.05, 0.1) is 18.4 Å². The summed E-state index contributed by atoms with van der Waals surface area (Å²) in [6.07, 6.45) is 2.35. The molecular weight excluding hydrogens is 368 g/mol. The van der Waals surface area contributed by atoms with Gasteiger partial charge in [0.2, 0.25) is 0 Å². The van der Waals surface area contributed by atoms with Gasteiger partial charge in [-0.25, -0.2) is 10.2 Å². The van der Waals surface area contributed by atoms with Crippen molar-refractivity contribution in [2.24, 2.45) is 5.10 Å². The summed E-state index contributed by atoms with van der Waals surface area (Å²) < 4.78 is 10.5. The van der Waals surface area contributed by atoms with Gasteiger partial charge < -0.3 is 9.47 Å². The summed E-state index contributed by atoms with van der Waals surface area (Å²) in [7, 11) is 0. The second kappa shape index (κ2) is 10.0. The minimum Gasteiger partial charge on any atom is -0.484 e. The maximum Gasteiger partial charge on any atom is 0.338 e. The van der Waals surface area contributed by atoms with E-state index in [1.807, 2.05) is 49.4 Å². The van der Waals surface area contributed by atoms with Gasteiger partial charge in [-0.3, -0.25) is 4.79 Å². The SMILES string of the molecule is CCCOC(=O)c1ccc(OCC(=O)N/N=C/c2ccc3ccccc3c2)cc1. The average Bonchev–Trinajstić information content (AvgIpc) is 2.76. The van der Waals surface area contributed by atoms with E-state index >= 15 is 0 Å². The number of carbonyl (C=O) groups excluding carboxylic acids is 2. The van der Waals surface area contributed by atoms with E-state index in [9.17, 15) is 9.59 Å². The zero-order valence-corrected chi connectivity index (χ0v) is 16.1. The topological polar surface area (TPSA) is 77.0 Å². The summed E-state index contributed by atoms with van der Waals surface area (Å²) in [5.41, 5.74) is 3.76. The van der Waals surface area contributed by atoms with Crippen molar-refractivity contribution in [3.8, 4) is 5.75 Å². The number of benzene rings is 3. The summed E-state index contributed by atoms with van der Waals surface area (Å²) in [5, 5.41) is 6.21. The lowest BCUT2D eigenvalue weighted by Crippen LogP contribution is -2.24. The number of nitrogens with one attached hydrogen (secondary N) is 1. The van der Waals surface area contributed by atoms with Gasteiger partial charge in [0.15, 0.2) is 6.61 Å². The van der Waals surface area contributed by atoms with Gasteiger partial charge in [-0.2, -0.15) is 5.10 Å². The number of fused-ring (bicyclic) bond motifs is 1. The predicted molar refractivity (Wildman–Crippen MR) is 112 cm³/mol. The highest BCUT2D eigenvalue weighted by molar-refractivity contribution is 5.91. The van der Waals surface area contributed by atoms with E-state index in [0.717, 1.165) is 22.8 Å². The first-order valence-corrected chi connectivity index (χ1v) is 9.36. The van der Waals surface area contributed by atoms with E-state index in [1.54, 1.807) is 30.5 Å². The molecule has 0 unspecified atom stereocenters. The van der Waals surface area contributed by atoms with Crippen LogP contribution in [0.4, 0.5) is 0 Å². The first-order chi connectivity index (χ1) is 14.2. The normalized spacial score (nSPS) is 10.8. The van der Waals surface area contributed by atoms with Crippen molar-refractivity contribution in [1.29, 1.82) is 0 Å². The molecule has 3 aromatic rings. The van der Waals surface area contributed by atoms with Crippen LogP contribution in [0.1, 0.15) is 29.3 Å². The minimum atomic E-state index is -0.381. The summed E-state index contributed by atoms with van der Waals surface area (Å²) in [6.45, 7) is 2.13. The maximum absolute atomic E-state index is 11.9. The molecule has 0 atom stereocenters. The predicted octanol–water partition coefficient (Wildman–Crippen LogP) is 3.94. The van der Waals surface area contributed by atoms with Gasteiger partial charge >= 0.3 is 5.97 Å². The van der Waals surface area contributed by atoms with Gasteiger partial charge in [-0.15, -0.1) is 0 Å². The summed E-state index contributed by atoms with van der Waals surface area (Å²) in [6, 6.07) is 20.4. The fraction of sp³-hybridized carbons (Fsp3) is 0.174. The number of carbonyl (C=O) groups is 2. The summed E-state index contributed by atoms with van der Waals surface area (Å²) in [5.74, 6) is -0.279. The van der Waals surface area contributed by atoms with E-state index < -0.39 is 0 Å². The molecule has 29 heavy (non-hydrogen) atoms. The second-order valence-corrected chi connectivity index (χ2v) is 6.35. The van der Waals surface area contributed by atoms with Crippen LogP contribution in [0.25, 0.3) is 10.8 Å². The van der Waals surface area contributed by atoms with Gasteiger partial charge in [0.1, 0.15) is 5.75 Å². The van der Waals surface area contributed by atoms with E-state index in [1.165, 1.54) is 0 Å². The fourth-order valence-corrected chi connectivity index (χ4v) is 2.61. The number of esters is 1. The minimum absolute atomic E-state index is 0.186. The molecule has 1 N–H and O–H groups in total. The largest absolute Gasteiger partial charge is 0.484 e. The Morgan fingerprint density at radius 1 is 1.00 bits per heavy atom. The Balaban J connectivity index is 1.46. The zero-order valence-electron chi connectivity index (χ0n) is 16.1. The van der Waals surface area contributed by atoms with Crippen molar-refractivity contribution in [3.63, 3.8) is 0 Å². The van der Waals surface area contributed by atoms with Gasteiger partial charge in [0.25, 0.3) is 5.91 Å². The average molecular weight is 390 g/mol. The number of nitrogens with zero attached hydrogens (tertiary/aromatic N) is 1. The molecular formula is C23H22N2O4. The zero-order chi connectivity index (χ0) is 20.5. The van der Waals surface area contributed by atoms with Crippen LogP contribution in [-0.2, 0) is 9.53 Å². The quantitative estimate of drug-likeness (QED) is 0.359. The van der Waals surface area contributed by atoms with Gasteiger partial charge in [-0.05, 0) is 53.1 Å². The van der Waals surface area contributed by atoms with Gasteiger partial charge in [0, 0.05) is 0 Å². The molecule has 0 bridgehead atoms. The Morgan fingerprint density at radius 2 is 1.76 bits per heavy atom. The number of hydrogen-bond donors (Lipinski definition) is 1. The van der Waals surface area contributed by atoms with Crippen LogP contribution in [0.3, 0.4) is 0 Å². The number of ether oxygens (including phenoxy) is 2. The van der Waals surface area contributed by atoms with Gasteiger partial charge in [-0.1, -0.05) is 43.3 Å². The molecule has 0 radical (unpaired) electrons. The molecule has 148 valence electrons. The molecule has 0 spiro atoms. The monoisotopic (exact) mass is 390 g/mol. The molecule has 0 aromatic heterocycles. The lowest BCUT2D eigenvalue weighted by molar-refractivity contribution is -0.123. The van der Waals surface area contributed by atoms with Crippen LogP contribution in [0.15, 0.2) is 71.8 Å². The smallest absolute Gasteiger partial charge is 0.338 e. The molecule has 0 saturated carbocycles. The molecule has 0 saturated heterocycles. The van der Waals surface area contributed by atoms with Crippen LogP contribution >= 0.6 is 0 Å². The van der Waals surface area contributed by atoms with Crippen LogP contribution < -0.4 is 10.2 Å². The third-order valence-electron chi connectivity index (χ3n) is 4.07. The van der Waals surface area contributed by atoms with Crippen LogP contribution in [-0.4, -0.2) is 31.3 Å². The van der Waals surface area contributed by atoms with E-state index in [2.05, 4.69) is 10.5 Å². The maximum atomic E-state index is 11.9. The molecule has 3 aromatic carbocycles. The number of hydrazone groups is 1. The first-order valence-electron chi connectivity index (χ1n) is 9.36. The second-order valence-electron chi connectivity index (χ2n) is 6.35. The molecule has 6 nitrogen and oxygen atoms in total. The van der Waals surface area contributed by atoms with E-state index in [4.69, 9.17) is 9.47 Å². The third-order valence-corrected chi connectivity index (χ3v) is 4.07. The molecule has 0 fully saturated rings. The molecule has 6 heteroatoms. The van der Waals surface area contributed by atoms with Crippen LogP contribution in [0, 0.1) is 0 Å². The van der Waals surface area contributed by atoms with Crippen LogP contribution in [0.5, 0.6) is 5.75 Å². The molecule has 0 aliphatic carbocycles. The Hall–Kier alpha value is -3.67. The lowest BCUT2D eigenvalue weighted by Gasteiger charge is -2.06. The highest BCUT2D eigenvalue weighted by atomic mass is 16.5. The van der Waals surface area contributed by atoms with Crippen molar-refractivity contribution in [2.75, 3.05) is 13.2 Å². The standard InChI is InChI=1S/C23H22N2O4/c1-2-13-28-23(27)19-9-11-21(12-10-19)29-16-22(26)25-24-15-17-7-8-18-5-3-4-6-20(18)14-17/h3-12,14-15H,2,13,16H2,1H3,(H,25,26)/b24-15+. The summed E-state index contributed by atoms with van der Waals surface area (Å²) in [4.78, 5) is 23.6. The van der Waals surface area contributed by atoms with Crippen molar-refractivity contribution in [2.45, 2.75) is 13.3 Å². The van der Waals surface area contributed by atoms with Crippen molar-refractivity contribution >= 4 is 28.9 Å². The van der Waals surface area contributed by atoms with E-state index in [0.29, 0.717) is 17.9 Å². The van der Waals surface area contributed by atoms with E-state index in [-0.39, 0.29) is 18.5 Å². The number of hydrogen-bond acceptors (Lipinski definition) is 5. The molecule has 0 aliphatic heterocycles.